The Morgan fingerprint density at radius 3 is 2.68 bits per heavy atom. The zero-order valence-electron chi connectivity index (χ0n) is 11.4. The molecule has 1 saturated heterocycles. The summed E-state index contributed by atoms with van der Waals surface area (Å²) < 4.78 is 32.4. The maximum atomic E-state index is 12.7. The largest absolute Gasteiger partial charge is 0.371 e. The maximum Gasteiger partial charge on any atom is 0.246 e. The van der Waals surface area contributed by atoms with Crippen LogP contribution >= 0.6 is 0 Å². The van der Waals surface area contributed by atoms with Crippen molar-refractivity contribution in [3.63, 3.8) is 0 Å². The second-order valence-electron chi connectivity index (χ2n) is 4.89. The quantitative estimate of drug-likeness (QED) is 0.799. The highest BCUT2D eigenvalue weighted by Crippen LogP contribution is 2.24. The fourth-order valence-corrected chi connectivity index (χ4v) is 4.26. The first-order chi connectivity index (χ1) is 8.86. The van der Waals surface area contributed by atoms with Crippen LogP contribution in [0.1, 0.15) is 18.3 Å². The van der Waals surface area contributed by atoms with Crippen LogP contribution in [0.5, 0.6) is 0 Å². The Bertz CT molecular complexity index is 535. The smallest absolute Gasteiger partial charge is 0.246 e. The Balaban J connectivity index is 2.34. The lowest BCUT2D eigenvalue weighted by Crippen LogP contribution is -2.51. The number of rotatable bonds is 3. The van der Waals surface area contributed by atoms with Crippen LogP contribution in [0.15, 0.2) is 4.90 Å². The second-order valence-corrected chi connectivity index (χ2v) is 6.76. The normalized spacial score (nSPS) is 25.7. The van der Waals surface area contributed by atoms with Crippen LogP contribution in [0.3, 0.4) is 0 Å². The first-order valence-electron chi connectivity index (χ1n) is 6.23. The number of nitrogens with two attached hydrogens (primary N) is 1. The lowest BCUT2D eigenvalue weighted by Gasteiger charge is -2.35. The zero-order valence-corrected chi connectivity index (χ0v) is 12.2. The van der Waals surface area contributed by atoms with Crippen LogP contribution in [0.4, 0.5) is 0 Å². The van der Waals surface area contributed by atoms with E-state index in [-0.39, 0.29) is 23.6 Å². The Hall–Kier alpha value is -0.960. The van der Waals surface area contributed by atoms with E-state index in [1.165, 1.54) is 4.31 Å². The highest BCUT2D eigenvalue weighted by Gasteiger charge is 2.35. The fraction of sp³-hybridized carbons (Fsp3) is 0.727. The van der Waals surface area contributed by atoms with Crippen molar-refractivity contribution in [2.75, 3.05) is 19.6 Å². The van der Waals surface area contributed by atoms with Crippen molar-refractivity contribution in [3.05, 3.63) is 11.4 Å². The van der Waals surface area contributed by atoms with Gasteiger partial charge in [0.1, 0.15) is 4.90 Å². The summed E-state index contributed by atoms with van der Waals surface area (Å²) in [6.07, 6.45) is -0.421. The summed E-state index contributed by atoms with van der Waals surface area (Å²) in [7, 11) is -3.55. The van der Waals surface area contributed by atoms with Crippen molar-refractivity contribution in [2.45, 2.75) is 37.9 Å². The Kier molecular flexibility index (Phi) is 3.95. The number of morpholine rings is 1. The third kappa shape index (κ3) is 2.66. The first-order valence-corrected chi connectivity index (χ1v) is 7.67. The number of nitrogens with zero attached hydrogens (tertiary/aromatic N) is 2. The molecule has 7 nitrogen and oxygen atoms in total. The van der Waals surface area contributed by atoms with E-state index < -0.39 is 10.0 Å². The lowest BCUT2D eigenvalue weighted by atomic mass is 10.2. The summed E-state index contributed by atoms with van der Waals surface area (Å²) >= 11 is 0. The van der Waals surface area contributed by atoms with Crippen molar-refractivity contribution in [3.8, 4) is 0 Å². The van der Waals surface area contributed by atoms with Crippen LogP contribution in [-0.4, -0.2) is 54.8 Å². The summed E-state index contributed by atoms with van der Waals surface area (Å²) in [5.74, 6) is 0. The minimum atomic E-state index is -3.55. The zero-order chi connectivity index (χ0) is 14.2. The molecule has 0 radical (unpaired) electrons. The van der Waals surface area contributed by atoms with E-state index in [0.717, 1.165) is 0 Å². The summed E-state index contributed by atoms with van der Waals surface area (Å²) in [4.78, 5) is 0.261. The lowest BCUT2D eigenvalue weighted by molar-refractivity contribution is -0.0486. The van der Waals surface area contributed by atoms with E-state index in [1.807, 2.05) is 6.92 Å². The van der Waals surface area contributed by atoms with Crippen LogP contribution in [-0.2, 0) is 14.8 Å². The van der Waals surface area contributed by atoms with Crippen molar-refractivity contribution < 1.29 is 13.2 Å². The summed E-state index contributed by atoms with van der Waals surface area (Å²) in [6.45, 7) is 6.16. The molecule has 2 atom stereocenters. The average Bonchev–Trinajstić information content (AvgIpc) is 2.68. The fourth-order valence-electron chi connectivity index (χ4n) is 2.38. The molecule has 1 aromatic heterocycles. The molecule has 2 heterocycles. The van der Waals surface area contributed by atoms with Crippen molar-refractivity contribution in [1.82, 2.24) is 14.5 Å². The van der Waals surface area contributed by atoms with Gasteiger partial charge in [-0.15, -0.1) is 0 Å². The van der Waals surface area contributed by atoms with Gasteiger partial charge in [-0.1, -0.05) is 0 Å². The molecular formula is C11H20N4O3S. The predicted octanol–water partition coefficient (Wildman–Crippen LogP) is -0.237. The number of nitrogens with one attached hydrogen (secondary N) is 1. The Morgan fingerprint density at radius 1 is 1.47 bits per heavy atom. The van der Waals surface area contributed by atoms with E-state index in [2.05, 4.69) is 10.2 Å². The number of aryl methyl sites for hydroxylation is 2. The third-order valence-corrected chi connectivity index (χ3v) is 5.31. The van der Waals surface area contributed by atoms with Gasteiger partial charge in [-0.05, 0) is 20.8 Å². The van der Waals surface area contributed by atoms with E-state index in [9.17, 15) is 8.42 Å². The Labute approximate surface area is 113 Å². The Morgan fingerprint density at radius 2 is 2.16 bits per heavy atom. The molecule has 1 aliphatic heterocycles. The summed E-state index contributed by atoms with van der Waals surface area (Å²) in [5.41, 5.74) is 6.63. The molecule has 0 aromatic carbocycles. The van der Waals surface area contributed by atoms with Gasteiger partial charge in [-0.25, -0.2) is 8.42 Å². The molecular weight excluding hydrogens is 268 g/mol. The number of sulfonamides is 1. The molecule has 0 amide bonds. The van der Waals surface area contributed by atoms with E-state index >= 15 is 0 Å². The van der Waals surface area contributed by atoms with E-state index in [1.54, 1.807) is 13.8 Å². The molecule has 0 spiro atoms. The summed E-state index contributed by atoms with van der Waals surface area (Å²) in [5, 5.41) is 6.66. The molecule has 19 heavy (non-hydrogen) atoms. The van der Waals surface area contributed by atoms with Gasteiger partial charge in [0.25, 0.3) is 0 Å². The van der Waals surface area contributed by atoms with Gasteiger partial charge in [-0.3, -0.25) is 5.10 Å². The number of hydrogen-bond acceptors (Lipinski definition) is 5. The van der Waals surface area contributed by atoms with Crippen molar-refractivity contribution in [1.29, 1.82) is 0 Å². The molecule has 2 rings (SSSR count). The molecule has 1 aliphatic rings. The molecule has 0 saturated carbocycles. The standard InChI is InChI=1S/C11H20N4O3S/c1-7-5-15(6-10(4-12)18-7)19(16,17)11-8(2)13-14-9(11)3/h7,10H,4-6,12H2,1-3H3,(H,13,14). The first kappa shape index (κ1) is 14.4. The number of hydrogen-bond donors (Lipinski definition) is 2. The van der Waals surface area contributed by atoms with Gasteiger partial charge in [0.2, 0.25) is 10.0 Å². The minimum Gasteiger partial charge on any atom is -0.371 e. The van der Waals surface area contributed by atoms with Crippen molar-refractivity contribution >= 4 is 10.0 Å². The van der Waals surface area contributed by atoms with Gasteiger partial charge in [0.15, 0.2) is 0 Å². The summed E-state index contributed by atoms with van der Waals surface area (Å²) in [6, 6.07) is 0. The molecule has 2 unspecified atom stereocenters. The van der Waals surface area contributed by atoms with E-state index in [4.69, 9.17) is 10.5 Å². The number of aromatic nitrogens is 2. The SMILES string of the molecule is Cc1n[nH]c(C)c1S(=O)(=O)N1CC(C)OC(CN)C1. The molecule has 0 aliphatic carbocycles. The molecule has 1 fully saturated rings. The van der Waals surface area contributed by atoms with Gasteiger partial charge in [-0.2, -0.15) is 9.40 Å². The molecule has 8 heteroatoms. The van der Waals surface area contributed by atoms with Crippen LogP contribution in [0.2, 0.25) is 0 Å². The molecule has 1 aromatic rings. The van der Waals surface area contributed by atoms with Gasteiger partial charge in [0, 0.05) is 19.6 Å². The monoisotopic (exact) mass is 288 g/mol. The topological polar surface area (TPSA) is 101 Å². The molecule has 0 bridgehead atoms. The van der Waals surface area contributed by atoms with Gasteiger partial charge >= 0.3 is 0 Å². The molecule has 108 valence electrons. The highest BCUT2D eigenvalue weighted by atomic mass is 32.2. The van der Waals surface area contributed by atoms with Crippen LogP contribution < -0.4 is 5.73 Å². The predicted molar refractivity (Wildman–Crippen MR) is 70.2 cm³/mol. The highest BCUT2D eigenvalue weighted by molar-refractivity contribution is 7.89. The average molecular weight is 288 g/mol. The minimum absolute atomic E-state index is 0.162. The van der Waals surface area contributed by atoms with Gasteiger partial charge in [0.05, 0.1) is 23.6 Å². The van der Waals surface area contributed by atoms with Gasteiger partial charge < -0.3 is 10.5 Å². The maximum absolute atomic E-state index is 12.7. The van der Waals surface area contributed by atoms with Crippen LogP contribution in [0, 0.1) is 13.8 Å². The number of ether oxygens (including phenoxy) is 1. The number of aromatic amines is 1. The third-order valence-electron chi connectivity index (χ3n) is 3.21. The van der Waals surface area contributed by atoms with Crippen LogP contribution in [0.25, 0.3) is 0 Å². The molecule has 3 N–H and O–H groups in total. The van der Waals surface area contributed by atoms with E-state index in [0.29, 0.717) is 24.5 Å². The second kappa shape index (κ2) is 5.20. The van der Waals surface area contributed by atoms with Crippen molar-refractivity contribution in [2.24, 2.45) is 5.73 Å². The number of H-pyrrole nitrogens is 1.